The molecule has 0 saturated carbocycles. The Morgan fingerprint density at radius 2 is 1.76 bits per heavy atom. The number of carbonyl (C=O) groups excluding carboxylic acids is 5. The lowest BCUT2D eigenvalue weighted by Crippen LogP contribution is -2.56. The summed E-state index contributed by atoms with van der Waals surface area (Å²) in [5.74, 6) is -1.74. The number of nitrogens with zero attached hydrogens (tertiary/aromatic N) is 1. The molecule has 0 radical (unpaired) electrons. The normalized spacial score (nSPS) is 17.9. The van der Waals surface area contributed by atoms with Crippen LogP contribution in [0.5, 0.6) is 0 Å². The number of hydrogen-bond donors (Lipinski definition) is 6. The van der Waals surface area contributed by atoms with Crippen molar-refractivity contribution in [3.63, 3.8) is 0 Å². The first-order valence-electron chi connectivity index (χ1n) is 17.9. The van der Waals surface area contributed by atoms with E-state index in [1.165, 1.54) is 29.2 Å². The second-order valence-corrected chi connectivity index (χ2v) is 15.7. The van der Waals surface area contributed by atoms with Crippen LogP contribution < -0.4 is 21.3 Å². The van der Waals surface area contributed by atoms with Crippen molar-refractivity contribution in [1.82, 2.24) is 15.6 Å². The molecule has 0 unspecified atom stereocenters. The largest absolute Gasteiger partial charge is 0.396 e. The van der Waals surface area contributed by atoms with E-state index in [1.807, 2.05) is 43.3 Å². The van der Waals surface area contributed by atoms with E-state index in [4.69, 9.17) is 10.5 Å². The Kier molecular flexibility index (Phi) is 11.2. The molecule has 3 heterocycles. The van der Waals surface area contributed by atoms with Gasteiger partial charge in [0.25, 0.3) is 11.4 Å². The minimum absolute atomic E-state index is 0.0159. The van der Waals surface area contributed by atoms with Crippen molar-refractivity contribution in [2.24, 2.45) is 5.73 Å². The number of amides is 4. The third-order valence-corrected chi connectivity index (χ3v) is 11.0. The van der Waals surface area contributed by atoms with E-state index in [9.17, 15) is 38.3 Å². The van der Waals surface area contributed by atoms with E-state index >= 15 is 0 Å². The van der Waals surface area contributed by atoms with Gasteiger partial charge in [0, 0.05) is 29.3 Å². The molecule has 0 spiro atoms. The predicted molar refractivity (Wildman–Crippen MR) is 201 cm³/mol. The number of ether oxygens (including phenoxy) is 1. The molecule has 2 aliphatic rings. The van der Waals surface area contributed by atoms with Gasteiger partial charge in [-0.15, -0.1) is 0 Å². The van der Waals surface area contributed by atoms with Crippen molar-refractivity contribution in [2.45, 2.75) is 89.6 Å². The second-order valence-electron chi connectivity index (χ2n) is 14.2. The molecule has 284 valence electrons. The summed E-state index contributed by atoms with van der Waals surface area (Å²) in [7, 11) is -5.01. The van der Waals surface area contributed by atoms with Crippen LogP contribution >= 0.6 is 7.60 Å². The number of rotatable bonds is 14. The molecular formula is C39H44N5O9P. The number of aryl methyl sites for hydroxylation is 1. The Hall–Kier alpha value is -5.14. The minimum atomic E-state index is -5.01. The first-order valence-corrected chi connectivity index (χ1v) is 19.5. The highest BCUT2D eigenvalue weighted by atomic mass is 31.2. The van der Waals surface area contributed by atoms with E-state index < -0.39 is 61.0 Å². The quantitative estimate of drug-likeness (QED) is 0.102. The molecule has 4 amide bonds. The van der Waals surface area contributed by atoms with Gasteiger partial charge in [-0.25, -0.2) is 0 Å². The number of fused-ring (bicyclic) bond motifs is 1. The van der Waals surface area contributed by atoms with Crippen molar-refractivity contribution in [3.05, 3.63) is 100 Å². The third-order valence-electron chi connectivity index (χ3n) is 10.2. The van der Waals surface area contributed by atoms with E-state index in [2.05, 4.69) is 35.5 Å². The second kappa shape index (κ2) is 15.7. The Morgan fingerprint density at radius 1 is 1.02 bits per heavy atom. The number of H-pyrrole nitrogens is 1. The van der Waals surface area contributed by atoms with Crippen LogP contribution in [-0.2, 0) is 43.1 Å². The van der Waals surface area contributed by atoms with Gasteiger partial charge < -0.3 is 35.9 Å². The van der Waals surface area contributed by atoms with Gasteiger partial charge in [0.15, 0.2) is 0 Å². The van der Waals surface area contributed by atoms with Crippen molar-refractivity contribution < 1.29 is 43.1 Å². The van der Waals surface area contributed by atoms with Crippen molar-refractivity contribution in [1.29, 1.82) is 0 Å². The molecule has 0 aliphatic carbocycles. The lowest BCUT2D eigenvalue weighted by Gasteiger charge is -2.31. The number of para-hydroxylation sites is 1. The zero-order valence-electron chi connectivity index (χ0n) is 30.2. The molecule has 4 atom stereocenters. The third kappa shape index (κ3) is 8.17. The van der Waals surface area contributed by atoms with Crippen LogP contribution in [0.15, 0.2) is 66.7 Å². The highest BCUT2D eigenvalue weighted by molar-refractivity contribution is 7.70. The smallest absolute Gasteiger partial charge is 0.372 e. The number of primary amides is 1. The number of aromatic nitrogens is 1. The molecule has 2 aliphatic heterocycles. The van der Waals surface area contributed by atoms with Gasteiger partial charge in [-0.2, -0.15) is 0 Å². The van der Waals surface area contributed by atoms with E-state index in [-0.39, 0.29) is 42.9 Å². The SMILES string of the molecule is CC(C)c1ccccc1CO[C@H](C)[C@H](CCC(N)=O)NC(=O)[C@@H]1Cc2cccc3c2N1C(=O)[C@@H](NC(=O)c1cc2cc(C(=O)P(=O)(O)O)ccc2[nH]1)CC3. The van der Waals surface area contributed by atoms with Crippen LogP contribution in [0, 0.1) is 0 Å². The van der Waals surface area contributed by atoms with E-state index in [0.29, 0.717) is 29.6 Å². The Balaban J connectivity index is 1.20. The van der Waals surface area contributed by atoms with E-state index in [0.717, 1.165) is 22.3 Å². The predicted octanol–water partition coefficient (Wildman–Crippen LogP) is 3.97. The highest BCUT2D eigenvalue weighted by Gasteiger charge is 2.44. The van der Waals surface area contributed by atoms with Crippen molar-refractivity contribution in [2.75, 3.05) is 4.90 Å². The molecule has 7 N–H and O–H groups in total. The zero-order chi connectivity index (χ0) is 38.9. The lowest BCUT2D eigenvalue weighted by atomic mass is 9.97. The number of carbonyl (C=O) groups is 5. The molecule has 0 saturated heterocycles. The summed E-state index contributed by atoms with van der Waals surface area (Å²) >= 11 is 0. The van der Waals surface area contributed by atoms with Gasteiger partial charge in [0.05, 0.1) is 24.4 Å². The molecule has 15 heteroatoms. The number of aromatic amines is 1. The molecule has 0 bridgehead atoms. The van der Waals surface area contributed by atoms with Gasteiger partial charge in [-0.1, -0.05) is 56.3 Å². The summed E-state index contributed by atoms with van der Waals surface area (Å²) in [6, 6.07) is 16.5. The Morgan fingerprint density at radius 3 is 2.48 bits per heavy atom. The maximum Gasteiger partial charge on any atom is 0.396 e. The van der Waals surface area contributed by atoms with Gasteiger partial charge in [0.1, 0.15) is 17.8 Å². The summed E-state index contributed by atoms with van der Waals surface area (Å²) in [4.78, 5) is 89.1. The van der Waals surface area contributed by atoms with Crippen LogP contribution in [0.3, 0.4) is 0 Å². The average Bonchev–Trinajstić information content (AvgIpc) is 3.71. The van der Waals surface area contributed by atoms with Gasteiger partial charge >= 0.3 is 7.60 Å². The van der Waals surface area contributed by atoms with Crippen molar-refractivity contribution >= 4 is 53.3 Å². The topological polar surface area (TPSA) is 221 Å². The maximum atomic E-state index is 14.3. The number of hydrogen-bond acceptors (Lipinski definition) is 7. The molecule has 4 aromatic rings. The first kappa shape index (κ1) is 38.6. The summed E-state index contributed by atoms with van der Waals surface area (Å²) in [5.41, 5.74) is 8.98. The van der Waals surface area contributed by atoms with Crippen LogP contribution in [0.1, 0.15) is 89.1 Å². The summed E-state index contributed by atoms with van der Waals surface area (Å²) in [6.45, 7) is 6.33. The molecule has 3 aromatic carbocycles. The first-order chi connectivity index (χ1) is 25.6. The lowest BCUT2D eigenvalue weighted by molar-refractivity contribution is -0.128. The van der Waals surface area contributed by atoms with Crippen molar-refractivity contribution in [3.8, 4) is 0 Å². The molecule has 14 nitrogen and oxygen atoms in total. The summed E-state index contributed by atoms with van der Waals surface area (Å²) < 4.78 is 17.8. The maximum absolute atomic E-state index is 14.3. The summed E-state index contributed by atoms with van der Waals surface area (Å²) in [6.07, 6.45) is 0.694. The molecule has 1 aromatic heterocycles. The fourth-order valence-electron chi connectivity index (χ4n) is 7.33. The summed E-state index contributed by atoms with van der Waals surface area (Å²) in [5, 5.41) is 6.24. The molecule has 54 heavy (non-hydrogen) atoms. The number of anilines is 1. The highest BCUT2D eigenvalue weighted by Crippen LogP contribution is 2.40. The van der Waals surface area contributed by atoms with E-state index in [1.54, 1.807) is 0 Å². The fourth-order valence-corrected chi connectivity index (χ4v) is 7.81. The van der Waals surface area contributed by atoms with Gasteiger partial charge in [0.2, 0.25) is 17.7 Å². The molecular weight excluding hydrogens is 713 g/mol. The van der Waals surface area contributed by atoms with Gasteiger partial charge in [-0.05, 0) is 78.6 Å². The molecule has 0 fully saturated rings. The minimum Gasteiger partial charge on any atom is -0.372 e. The standard InChI is InChI=1S/C39H44N5O9P/c1-21(2)28-10-5-4-7-26(28)20-53-22(3)29(15-16-34(40)45)42-37(47)33-19-24-9-6-8-23-11-14-31(38(48)44(33)35(23)24)43-36(46)32-18-27-17-25(12-13-30(27)41-32)39(49)54(50,51)52/h4-10,12-13,17-18,21-22,29,31,33,41H,11,14-16,19-20H2,1-3H3,(H2,40,45)(H,42,47)(H,43,46)(H2,50,51,52)/t22-,29+,31+,33+/m1/s1. The fraction of sp³-hybridized carbons (Fsp3) is 0.359. The Bertz CT molecular complexity index is 2180. The van der Waals surface area contributed by atoms with Gasteiger partial charge in [-0.3, -0.25) is 33.4 Å². The molecule has 6 rings (SSSR count). The van der Waals surface area contributed by atoms with Crippen LogP contribution in [0.25, 0.3) is 10.9 Å². The van der Waals surface area contributed by atoms with Crippen LogP contribution in [0.4, 0.5) is 5.69 Å². The monoisotopic (exact) mass is 757 g/mol. The zero-order valence-corrected chi connectivity index (χ0v) is 31.1. The number of benzene rings is 3. The van der Waals surface area contributed by atoms with Crippen LogP contribution in [-0.4, -0.2) is 68.2 Å². The average molecular weight is 758 g/mol. The van der Waals surface area contributed by atoms with Crippen LogP contribution in [0.2, 0.25) is 0 Å². The number of nitrogens with two attached hydrogens (primary N) is 1. The Labute approximate surface area is 312 Å². The number of nitrogens with one attached hydrogen (secondary N) is 3.